The van der Waals surface area contributed by atoms with E-state index in [4.69, 9.17) is 0 Å². The van der Waals surface area contributed by atoms with Gasteiger partial charge in [-0.05, 0) is 37.8 Å². The van der Waals surface area contributed by atoms with Crippen molar-refractivity contribution in [1.82, 2.24) is 5.32 Å². The van der Waals surface area contributed by atoms with Gasteiger partial charge < -0.3 is 10.4 Å². The summed E-state index contributed by atoms with van der Waals surface area (Å²) in [6, 6.07) is 2.07. The van der Waals surface area contributed by atoms with Gasteiger partial charge in [-0.2, -0.15) is 0 Å². The minimum absolute atomic E-state index is 0.170. The van der Waals surface area contributed by atoms with Crippen LogP contribution in [0.15, 0.2) is 12.1 Å². The van der Waals surface area contributed by atoms with Crippen LogP contribution in [0.2, 0.25) is 0 Å². The van der Waals surface area contributed by atoms with Gasteiger partial charge in [-0.3, -0.25) is 0 Å². The maximum atomic E-state index is 13.7. The van der Waals surface area contributed by atoms with Crippen molar-refractivity contribution in [3.8, 4) is 0 Å². The van der Waals surface area contributed by atoms with E-state index in [-0.39, 0.29) is 24.1 Å². The number of piperidine rings is 1. The minimum Gasteiger partial charge on any atom is -0.389 e. The van der Waals surface area contributed by atoms with Crippen LogP contribution in [0.3, 0.4) is 0 Å². The summed E-state index contributed by atoms with van der Waals surface area (Å²) in [6.45, 7) is 0. The lowest BCUT2D eigenvalue weighted by molar-refractivity contribution is -0.00754. The predicted molar refractivity (Wildman–Crippen MR) is 64.1 cm³/mol. The fraction of sp³-hybridized carbons (Fsp3) is 0.571. The highest BCUT2D eigenvalue weighted by molar-refractivity contribution is 5.24. The highest BCUT2D eigenvalue weighted by Crippen LogP contribution is 2.37. The van der Waals surface area contributed by atoms with Crippen LogP contribution in [0.5, 0.6) is 0 Å². The first-order valence-electron chi connectivity index (χ1n) is 6.58. The molecular formula is C14H16F3NO. The van der Waals surface area contributed by atoms with E-state index >= 15 is 0 Å². The van der Waals surface area contributed by atoms with E-state index in [1.165, 1.54) is 0 Å². The highest BCUT2D eigenvalue weighted by atomic mass is 19.2. The summed E-state index contributed by atoms with van der Waals surface area (Å²) in [5.41, 5.74) is -1.49. The lowest BCUT2D eigenvalue weighted by Gasteiger charge is -2.37. The molecule has 3 rings (SSSR count). The van der Waals surface area contributed by atoms with E-state index in [2.05, 4.69) is 5.32 Å². The van der Waals surface area contributed by atoms with Crippen molar-refractivity contribution in [2.24, 2.45) is 0 Å². The summed E-state index contributed by atoms with van der Waals surface area (Å²) < 4.78 is 40.5. The molecule has 0 aromatic heterocycles. The van der Waals surface area contributed by atoms with Gasteiger partial charge in [0.25, 0.3) is 0 Å². The first kappa shape index (κ1) is 12.9. The maximum Gasteiger partial charge on any atom is 0.165 e. The quantitative estimate of drug-likeness (QED) is 0.809. The van der Waals surface area contributed by atoms with Gasteiger partial charge in [0, 0.05) is 24.1 Å². The van der Waals surface area contributed by atoms with E-state index in [1.54, 1.807) is 0 Å². The molecule has 2 fully saturated rings. The summed E-state index contributed by atoms with van der Waals surface area (Å²) in [5.74, 6) is -3.05. The molecule has 2 N–H and O–H groups in total. The molecule has 19 heavy (non-hydrogen) atoms. The van der Waals surface area contributed by atoms with E-state index in [0.29, 0.717) is 12.8 Å². The van der Waals surface area contributed by atoms with Crippen molar-refractivity contribution in [3.63, 3.8) is 0 Å². The first-order valence-corrected chi connectivity index (χ1v) is 6.58. The summed E-state index contributed by atoms with van der Waals surface area (Å²) in [7, 11) is 0. The minimum atomic E-state index is -1.18. The molecule has 0 radical (unpaired) electrons. The Morgan fingerprint density at radius 2 is 1.68 bits per heavy atom. The number of halogens is 3. The van der Waals surface area contributed by atoms with E-state index in [9.17, 15) is 18.3 Å². The number of rotatable bonds is 2. The third-order valence-corrected chi connectivity index (χ3v) is 4.23. The van der Waals surface area contributed by atoms with E-state index < -0.39 is 23.1 Å². The number of aliphatic hydroxyl groups is 1. The van der Waals surface area contributed by atoms with Gasteiger partial charge in [-0.25, -0.2) is 13.2 Å². The third-order valence-electron chi connectivity index (χ3n) is 4.23. The van der Waals surface area contributed by atoms with E-state index in [1.807, 2.05) is 0 Å². The molecule has 5 heteroatoms. The average molecular weight is 271 g/mol. The van der Waals surface area contributed by atoms with Crippen LogP contribution in [-0.2, 0) is 6.42 Å². The zero-order valence-electron chi connectivity index (χ0n) is 10.4. The second-order valence-electron chi connectivity index (χ2n) is 5.77. The lowest BCUT2D eigenvalue weighted by Crippen LogP contribution is -2.49. The van der Waals surface area contributed by atoms with Crippen molar-refractivity contribution in [2.75, 3.05) is 0 Å². The molecular weight excluding hydrogens is 255 g/mol. The topological polar surface area (TPSA) is 32.3 Å². The Morgan fingerprint density at radius 1 is 1.11 bits per heavy atom. The molecule has 2 heterocycles. The fourth-order valence-corrected chi connectivity index (χ4v) is 3.43. The number of nitrogens with one attached hydrogen (secondary N) is 1. The molecule has 2 aliphatic heterocycles. The van der Waals surface area contributed by atoms with Crippen molar-refractivity contribution in [3.05, 3.63) is 35.1 Å². The molecule has 2 atom stereocenters. The molecule has 0 saturated carbocycles. The SMILES string of the molecule is OC1(Cc2c(F)ccc(F)c2F)CC2CCC(C1)N2. The van der Waals surface area contributed by atoms with Crippen molar-refractivity contribution in [1.29, 1.82) is 0 Å². The predicted octanol–water partition coefficient (Wildman–Crippen LogP) is 2.29. The van der Waals surface area contributed by atoms with Gasteiger partial charge in [-0.1, -0.05) is 0 Å². The summed E-state index contributed by atoms with van der Waals surface area (Å²) in [6.07, 6.45) is 2.69. The van der Waals surface area contributed by atoms with Gasteiger partial charge in [0.05, 0.1) is 5.60 Å². The van der Waals surface area contributed by atoms with Crippen LogP contribution >= 0.6 is 0 Å². The third kappa shape index (κ3) is 2.37. The van der Waals surface area contributed by atoms with Crippen LogP contribution in [-0.4, -0.2) is 22.8 Å². The van der Waals surface area contributed by atoms with Gasteiger partial charge in [-0.15, -0.1) is 0 Å². The molecule has 2 saturated heterocycles. The molecule has 1 aromatic carbocycles. The Bertz CT molecular complexity index is 494. The molecule has 104 valence electrons. The monoisotopic (exact) mass is 271 g/mol. The van der Waals surface area contributed by atoms with E-state index in [0.717, 1.165) is 25.0 Å². The van der Waals surface area contributed by atoms with Gasteiger partial charge in [0.2, 0.25) is 0 Å². The molecule has 0 amide bonds. The number of hydrogen-bond acceptors (Lipinski definition) is 2. The number of hydrogen-bond donors (Lipinski definition) is 2. The molecule has 2 aliphatic rings. The standard InChI is InChI=1S/C14H16F3NO/c15-11-3-4-12(16)13(17)10(11)7-14(19)5-8-1-2-9(6-14)18-8/h3-4,8-9,18-19H,1-2,5-7H2. The second-order valence-corrected chi connectivity index (χ2v) is 5.77. The molecule has 2 nitrogen and oxygen atoms in total. The van der Waals surface area contributed by atoms with Crippen LogP contribution in [0, 0.1) is 17.5 Å². The molecule has 2 unspecified atom stereocenters. The Balaban J connectivity index is 1.87. The lowest BCUT2D eigenvalue weighted by atomic mass is 9.82. The van der Waals surface area contributed by atoms with Crippen molar-refractivity contribution in [2.45, 2.75) is 49.8 Å². The van der Waals surface area contributed by atoms with Crippen LogP contribution in [0.1, 0.15) is 31.2 Å². The highest BCUT2D eigenvalue weighted by Gasteiger charge is 2.43. The molecule has 1 aromatic rings. The zero-order chi connectivity index (χ0) is 13.6. The molecule has 2 bridgehead atoms. The maximum absolute atomic E-state index is 13.7. The van der Waals surface area contributed by atoms with Crippen LogP contribution in [0.25, 0.3) is 0 Å². The largest absolute Gasteiger partial charge is 0.389 e. The molecule has 0 aliphatic carbocycles. The number of benzene rings is 1. The molecule has 0 spiro atoms. The summed E-state index contributed by atoms with van der Waals surface area (Å²) in [4.78, 5) is 0. The Kier molecular flexibility index (Phi) is 3.06. The Morgan fingerprint density at radius 3 is 2.32 bits per heavy atom. The second kappa shape index (κ2) is 4.49. The van der Waals surface area contributed by atoms with Crippen LogP contribution < -0.4 is 5.32 Å². The van der Waals surface area contributed by atoms with Gasteiger partial charge >= 0.3 is 0 Å². The smallest absolute Gasteiger partial charge is 0.165 e. The normalized spacial score (nSPS) is 33.7. The fourth-order valence-electron chi connectivity index (χ4n) is 3.43. The summed E-state index contributed by atoms with van der Waals surface area (Å²) in [5, 5.41) is 13.9. The zero-order valence-corrected chi connectivity index (χ0v) is 10.4. The van der Waals surface area contributed by atoms with Crippen molar-refractivity contribution >= 4 is 0 Å². The van der Waals surface area contributed by atoms with Gasteiger partial charge in [0.1, 0.15) is 5.82 Å². The van der Waals surface area contributed by atoms with Crippen LogP contribution in [0.4, 0.5) is 13.2 Å². The van der Waals surface area contributed by atoms with Gasteiger partial charge in [0.15, 0.2) is 11.6 Å². The number of fused-ring (bicyclic) bond motifs is 2. The Hall–Kier alpha value is -1.07. The van der Waals surface area contributed by atoms with Crippen molar-refractivity contribution < 1.29 is 18.3 Å². The summed E-state index contributed by atoms with van der Waals surface area (Å²) >= 11 is 0. The Labute approximate surface area is 109 Å². The first-order chi connectivity index (χ1) is 8.97. The average Bonchev–Trinajstić information content (AvgIpc) is 2.70.